The summed E-state index contributed by atoms with van der Waals surface area (Å²) < 4.78 is 0.893. The van der Waals surface area contributed by atoms with Crippen molar-refractivity contribution in [3.63, 3.8) is 0 Å². The molecular formula is C17H11BrClN3O. The van der Waals surface area contributed by atoms with Crippen LogP contribution in [0.2, 0.25) is 5.02 Å². The van der Waals surface area contributed by atoms with E-state index >= 15 is 0 Å². The fraction of sp³-hybridized carbons (Fsp3) is 0. The van der Waals surface area contributed by atoms with E-state index in [1.807, 2.05) is 36.4 Å². The Bertz CT molecular complexity index is 835. The summed E-state index contributed by atoms with van der Waals surface area (Å²) in [6.45, 7) is 0. The lowest BCUT2D eigenvalue weighted by Crippen LogP contribution is -2.12. The Morgan fingerprint density at radius 1 is 1.04 bits per heavy atom. The van der Waals surface area contributed by atoms with Crippen LogP contribution in [0.5, 0.6) is 0 Å². The van der Waals surface area contributed by atoms with Crippen LogP contribution >= 0.6 is 27.5 Å². The van der Waals surface area contributed by atoms with Gasteiger partial charge in [-0.05, 0) is 42.5 Å². The van der Waals surface area contributed by atoms with Gasteiger partial charge in [0.1, 0.15) is 0 Å². The van der Waals surface area contributed by atoms with Gasteiger partial charge >= 0.3 is 0 Å². The molecule has 3 rings (SSSR count). The number of hydrogen-bond donors (Lipinski definition) is 1. The van der Waals surface area contributed by atoms with Crippen LogP contribution < -0.4 is 5.32 Å². The van der Waals surface area contributed by atoms with Crippen LogP contribution in [-0.4, -0.2) is 15.9 Å². The van der Waals surface area contributed by atoms with Crippen molar-refractivity contribution < 1.29 is 4.79 Å². The third-order valence-electron chi connectivity index (χ3n) is 3.10. The largest absolute Gasteiger partial charge is 0.322 e. The summed E-state index contributed by atoms with van der Waals surface area (Å²) in [6, 6.07) is 14.6. The standard InChI is InChI=1S/C17H11BrClN3O/c18-13-2-1-3-15(8-13)22-17(23)12-9-20-16(21-10-12)11-4-6-14(19)7-5-11/h1-10H,(H,22,23). The molecule has 0 saturated carbocycles. The number of aromatic nitrogens is 2. The number of nitrogens with one attached hydrogen (secondary N) is 1. The van der Waals surface area contributed by atoms with Crippen molar-refractivity contribution in [2.24, 2.45) is 0 Å². The highest BCUT2D eigenvalue weighted by atomic mass is 79.9. The molecule has 2 aromatic carbocycles. The SMILES string of the molecule is O=C(Nc1cccc(Br)c1)c1cnc(-c2ccc(Cl)cc2)nc1. The average Bonchev–Trinajstić information content (AvgIpc) is 2.56. The Morgan fingerprint density at radius 3 is 2.39 bits per heavy atom. The minimum absolute atomic E-state index is 0.259. The maximum Gasteiger partial charge on any atom is 0.258 e. The molecule has 0 bridgehead atoms. The molecule has 1 N–H and O–H groups in total. The van der Waals surface area contributed by atoms with E-state index in [1.54, 1.807) is 12.1 Å². The number of halogens is 2. The second-order valence-electron chi connectivity index (χ2n) is 4.77. The zero-order chi connectivity index (χ0) is 16.2. The molecule has 3 aromatic rings. The van der Waals surface area contributed by atoms with Crippen LogP contribution in [0.15, 0.2) is 65.4 Å². The molecule has 1 heterocycles. The monoisotopic (exact) mass is 387 g/mol. The fourth-order valence-electron chi connectivity index (χ4n) is 1.96. The average molecular weight is 389 g/mol. The van der Waals surface area contributed by atoms with Crippen LogP contribution in [0.3, 0.4) is 0 Å². The highest BCUT2D eigenvalue weighted by molar-refractivity contribution is 9.10. The van der Waals surface area contributed by atoms with Gasteiger partial charge in [-0.2, -0.15) is 0 Å². The van der Waals surface area contributed by atoms with Crippen molar-refractivity contribution in [2.75, 3.05) is 5.32 Å². The predicted octanol–water partition coefficient (Wildman–Crippen LogP) is 4.81. The van der Waals surface area contributed by atoms with Crippen LogP contribution in [0.1, 0.15) is 10.4 Å². The normalized spacial score (nSPS) is 10.3. The van der Waals surface area contributed by atoms with Gasteiger partial charge in [-0.25, -0.2) is 9.97 Å². The summed E-state index contributed by atoms with van der Waals surface area (Å²) in [5.74, 6) is 0.284. The molecule has 0 aliphatic heterocycles. The number of nitrogens with zero attached hydrogens (tertiary/aromatic N) is 2. The van der Waals surface area contributed by atoms with Crippen molar-refractivity contribution in [1.29, 1.82) is 0 Å². The minimum Gasteiger partial charge on any atom is -0.322 e. The van der Waals surface area contributed by atoms with E-state index in [1.165, 1.54) is 12.4 Å². The number of anilines is 1. The zero-order valence-corrected chi connectivity index (χ0v) is 14.2. The second kappa shape index (κ2) is 6.89. The molecular weight excluding hydrogens is 378 g/mol. The van der Waals surface area contributed by atoms with Crippen molar-refractivity contribution in [3.8, 4) is 11.4 Å². The van der Waals surface area contributed by atoms with Gasteiger partial charge in [-0.1, -0.05) is 33.6 Å². The predicted molar refractivity (Wildman–Crippen MR) is 94.6 cm³/mol. The summed E-state index contributed by atoms with van der Waals surface area (Å²) in [7, 11) is 0. The molecule has 0 spiro atoms. The topological polar surface area (TPSA) is 54.9 Å². The summed E-state index contributed by atoms with van der Waals surface area (Å²) in [5.41, 5.74) is 1.93. The maximum atomic E-state index is 12.2. The van der Waals surface area contributed by atoms with Crippen molar-refractivity contribution in [1.82, 2.24) is 9.97 Å². The van der Waals surface area contributed by atoms with E-state index in [2.05, 4.69) is 31.2 Å². The first-order valence-electron chi connectivity index (χ1n) is 6.77. The van der Waals surface area contributed by atoms with Gasteiger partial charge in [-0.15, -0.1) is 0 Å². The van der Waals surface area contributed by atoms with E-state index in [4.69, 9.17) is 11.6 Å². The van der Waals surface area contributed by atoms with Gasteiger partial charge in [0, 0.05) is 33.1 Å². The third-order valence-corrected chi connectivity index (χ3v) is 3.84. The van der Waals surface area contributed by atoms with E-state index in [9.17, 15) is 4.79 Å². The number of rotatable bonds is 3. The lowest BCUT2D eigenvalue weighted by Gasteiger charge is -2.06. The number of carbonyl (C=O) groups excluding carboxylic acids is 1. The Morgan fingerprint density at radius 2 is 1.74 bits per heavy atom. The molecule has 1 aromatic heterocycles. The molecule has 0 unspecified atom stereocenters. The number of amides is 1. The summed E-state index contributed by atoms with van der Waals surface area (Å²) in [5, 5.41) is 3.45. The van der Waals surface area contributed by atoms with E-state index in [-0.39, 0.29) is 5.91 Å². The van der Waals surface area contributed by atoms with Gasteiger partial charge in [0.15, 0.2) is 5.82 Å². The van der Waals surface area contributed by atoms with Gasteiger partial charge in [-0.3, -0.25) is 4.79 Å². The molecule has 0 atom stereocenters. The second-order valence-corrected chi connectivity index (χ2v) is 6.12. The Kier molecular flexibility index (Phi) is 4.69. The first-order chi connectivity index (χ1) is 11.1. The Hall–Kier alpha value is -2.24. The highest BCUT2D eigenvalue weighted by Crippen LogP contribution is 2.19. The minimum atomic E-state index is -0.259. The molecule has 0 aliphatic rings. The molecule has 4 nitrogen and oxygen atoms in total. The fourth-order valence-corrected chi connectivity index (χ4v) is 2.49. The molecule has 0 fully saturated rings. The smallest absolute Gasteiger partial charge is 0.258 e. The van der Waals surface area contributed by atoms with Gasteiger partial charge in [0.2, 0.25) is 0 Å². The van der Waals surface area contributed by atoms with Crippen LogP contribution in [0, 0.1) is 0 Å². The number of benzene rings is 2. The van der Waals surface area contributed by atoms with Gasteiger partial charge in [0.05, 0.1) is 5.56 Å². The van der Waals surface area contributed by atoms with Crippen LogP contribution in [0.4, 0.5) is 5.69 Å². The molecule has 114 valence electrons. The Balaban J connectivity index is 1.76. The molecule has 23 heavy (non-hydrogen) atoms. The lowest BCUT2D eigenvalue weighted by atomic mass is 10.2. The van der Waals surface area contributed by atoms with E-state index < -0.39 is 0 Å². The van der Waals surface area contributed by atoms with Crippen molar-refractivity contribution in [2.45, 2.75) is 0 Å². The number of hydrogen-bond acceptors (Lipinski definition) is 3. The van der Waals surface area contributed by atoms with Crippen LogP contribution in [-0.2, 0) is 0 Å². The number of carbonyl (C=O) groups is 1. The lowest BCUT2D eigenvalue weighted by molar-refractivity contribution is 0.102. The zero-order valence-electron chi connectivity index (χ0n) is 11.8. The molecule has 6 heteroatoms. The Labute approximate surface area is 146 Å². The van der Waals surface area contributed by atoms with Crippen molar-refractivity contribution in [3.05, 3.63) is 76.0 Å². The third kappa shape index (κ3) is 3.94. The van der Waals surface area contributed by atoms with Crippen LogP contribution in [0.25, 0.3) is 11.4 Å². The maximum absolute atomic E-state index is 12.2. The van der Waals surface area contributed by atoms with Crippen molar-refractivity contribution >= 4 is 39.1 Å². The molecule has 1 amide bonds. The molecule has 0 radical (unpaired) electrons. The van der Waals surface area contributed by atoms with Gasteiger partial charge < -0.3 is 5.32 Å². The first kappa shape index (κ1) is 15.6. The first-order valence-corrected chi connectivity index (χ1v) is 7.94. The quantitative estimate of drug-likeness (QED) is 0.700. The van der Waals surface area contributed by atoms with E-state index in [0.29, 0.717) is 22.1 Å². The highest BCUT2D eigenvalue weighted by Gasteiger charge is 2.09. The van der Waals surface area contributed by atoms with E-state index in [0.717, 1.165) is 10.0 Å². The summed E-state index contributed by atoms with van der Waals surface area (Å²) in [6.07, 6.45) is 3.01. The molecule has 0 saturated heterocycles. The molecule has 0 aliphatic carbocycles. The van der Waals surface area contributed by atoms with Gasteiger partial charge in [0.25, 0.3) is 5.91 Å². The summed E-state index contributed by atoms with van der Waals surface area (Å²) >= 11 is 9.22. The summed E-state index contributed by atoms with van der Waals surface area (Å²) in [4.78, 5) is 20.7.